The Morgan fingerprint density at radius 2 is 1.92 bits per heavy atom. The van der Waals surface area contributed by atoms with Crippen molar-refractivity contribution in [2.75, 3.05) is 0 Å². The van der Waals surface area contributed by atoms with Crippen LogP contribution in [-0.4, -0.2) is 11.1 Å². The molecule has 0 heterocycles. The van der Waals surface area contributed by atoms with Crippen LogP contribution in [0.15, 0.2) is 30.8 Å². The molecule has 1 aromatic rings. The largest absolute Gasteiger partial charge is 1.00 e. The van der Waals surface area contributed by atoms with Gasteiger partial charge in [-0.05, 0) is 17.7 Å². The van der Waals surface area contributed by atoms with E-state index in [1.54, 1.807) is 30.3 Å². The number of benzene rings is 1. The number of carbonyl (C=O) groups is 1. The van der Waals surface area contributed by atoms with E-state index in [-0.39, 0.29) is 20.3 Å². The van der Waals surface area contributed by atoms with Gasteiger partial charge in [-0.3, -0.25) is 0 Å². The maximum Gasteiger partial charge on any atom is 1.00 e. The van der Waals surface area contributed by atoms with E-state index in [9.17, 15) is 4.79 Å². The average Bonchev–Trinajstić information content (AvgIpc) is 2.05. The molecule has 0 fully saturated rings. The van der Waals surface area contributed by atoms with Gasteiger partial charge in [-0.25, -0.2) is 4.79 Å². The predicted octanol–water partition coefficient (Wildman–Crippen LogP) is -0.856. The molecular formula is C9H9LiO2. The van der Waals surface area contributed by atoms with E-state index in [0.717, 1.165) is 5.56 Å². The molecule has 0 aliphatic carbocycles. The molecule has 3 heteroatoms. The van der Waals surface area contributed by atoms with Gasteiger partial charge in [0.25, 0.3) is 0 Å². The molecular weight excluding hydrogens is 147 g/mol. The van der Waals surface area contributed by atoms with Crippen molar-refractivity contribution in [2.24, 2.45) is 0 Å². The summed E-state index contributed by atoms with van der Waals surface area (Å²) in [6, 6.07) is 6.55. The van der Waals surface area contributed by atoms with Crippen LogP contribution >= 0.6 is 0 Å². The third kappa shape index (κ3) is 2.58. The number of carboxylic acid groups (broad SMARTS) is 1. The maximum absolute atomic E-state index is 10.4. The van der Waals surface area contributed by atoms with Gasteiger partial charge in [0.1, 0.15) is 0 Å². The van der Waals surface area contributed by atoms with Crippen LogP contribution in [0.1, 0.15) is 17.3 Å². The van der Waals surface area contributed by atoms with Crippen molar-refractivity contribution in [1.82, 2.24) is 0 Å². The Morgan fingerprint density at radius 1 is 1.42 bits per heavy atom. The molecule has 0 atom stereocenters. The molecule has 0 spiro atoms. The van der Waals surface area contributed by atoms with Gasteiger partial charge in [0, 0.05) is 0 Å². The van der Waals surface area contributed by atoms with Crippen molar-refractivity contribution in [3.63, 3.8) is 0 Å². The second-order valence-electron chi connectivity index (χ2n) is 2.13. The molecule has 1 aromatic carbocycles. The molecule has 0 radical (unpaired) electrons. The average molecular weight is 156 g/mol. The van der Waals surface area contributed by atoms with E-state index < -0.39 is 5.97 Å². The quantitative estimate of drug-likeness (QED) is 0.566. The van der Waals surface area contributed by atoms with E-state index in [4.69, 9.17) is 5.11 Å². The number of rotatable bonds is 2. The fraction of sp³-hybridized carbons (Fsp3) is 0. The van der Waals surface area contributed by atoms with Gasteiger partial charge < -0.3 is 6.53 Å². The second kappa shape index (κ2) is 4.82. The smallest absolute Gasteiger partial charge is 1.00 e. The fourth-order valence-electron chi connectivity index (χ4n) is 0.762. The number of hydrogen-bond donors (Lipinski definition) is 1. The zero-order valence-electron chi connectivity index (χ0n) is 7.95. The Kier molecular flexibility index (Phi) is 4.42. The summed E-state index contributed by atoms with van der Waals surface area (Å²) >= 11 is 0. The molecule has 1 rings (SSSR count). The van der Waals surface area contributed by atoms with Gasteiger partial charge in [0.2, 0.25) is 0 Å². The maximum atomic E-state index is 10.4. The van der Waals surface area contributed by atoms with Crippen molar-refractivity contribution in [2.45, 2.75) is 0 Å². The molecule has 0 saturated heterocycles. The van der Waals surface area contributed by atoms with Crippen molar-refractivity contribution in [1.29, 1.82) is 0 Å². The summed E-state index contributed by atoms with van der Waals surface area (Å²) in [5, 5.41) is 8.52. The first-order chi connectivity index (χ1) is 5.24. The third-order valence-corrected chi connectivity index (χ3v) is 1.39. The van der Waals surface area contributed by atoms with Gasteiger partial charge in [-0.15, -0.1) is 0 Å². The number of aromatic carboxylic acids is 1. The Balaban J connectivity index is 0. The van der Waals surface area contributed by atoms with Crippen LogP contribution < -0.4 is 18.9 Å². The topological polar surface area (TPSA) is 37.3 Å². The molecule has 58 valence electrons. The summed E-state index contributed by atoms with van der Waals surface area (Å²) in [4.78, 5) is 10.4. The molecule has 0 saturated carbocycles. The molecule has 12 heavy (non-hydrogen) atoms. The van der Waals surface area contributed by atoms with Gasteiger partial charge in [0.05, 0.1) is 5.56 Å². The minimum absolute atomic E-state index is 0. The first kappa shape index (κ1) is 11.0. The van der Waals surface area contributed by atoms with E-state index in [1.807, 2.05) is 0 Å². The normalized spacial score (nSPS) is 8.33. The van der Waals surface area contributed by atoms with Crippen LogP contribution in [0.4, 0.5) is 0 Å². The first-order valence-electron chi connectivity index (χ1n) is 3.20. The summed E-state index contributed by atoms with van der Waals surface area (Å²) in [5.74, 6) is -0.902. The zero-order chi connectivity index (χ0) is 8.27. The van der Waals surface area contributed by atoms with Crippen LogP contribution in [0.5, 0.6) is 0 Å². The molecule has 0 amide bonds. The number of carboxylic acids is 1. The van der Waals surface area contributed by atoms with E-state index >= 15 is 0 Å². The first-order valence-corrected chi connectivity index (χ1v) is 3.20. The monoisotopic (exact) mass is 156 g/mol. The minimum atomic E-state index is -0.902. The van der Waals surface area contributed by atoms with Crippen molar-refractivity contribution >= 4 is 12.0 Å². The predicted molar refractivity (Wildman–Crippen MR) is 44.6 cm³/mol. The van der Waals surface area contributed by atoms with Gasteiger partial charge in [0.15, 0.2) is 0 Å². The summed E-state index contributed by atoms with van der Waals surface area (Å²) in [6.07, 6.45) is 1.67. The fourth-order valence-corrected chi connectivity index (χ4v) is 0.762. The second-order valence-corrected chi connectivity index (χ2v) is 2.13. The van der Waals surface area contributed by atoms with E-state index in [0.29, 0.717) is 5.56 Å². The summed E-state index contributed by atoms with van der Waals surface area (Å²) in [6.45, 7) is 3.56. The van der Waals surface area contributed by atoms with Gasteiger partial charge in [-0.1, -0.05) is 24.8 Å². The molecule has 0 aromatic heterocycles. The summed E-state index contributed by atoms with van der Waals surface area (Å²) in [5.41, 5.74) is 1.23. The van der Waals surface area contributed by atoms with Crippen molar-refractivity contribution in [3.05, 3.63) is 42.0 Å². The van der Waals surface area contributed by atoms with Gasteiger partial charge in [-0.2, -0.15) is 0 Å². The zero-order valence-corrected chi connectivity index (χ0v) is 6.95. The third-order valence-electron chi connectivity index (χ3n) is 1.39. The molecule has 0 aliphatic heterocycles. The minimum Gasteiger partial charge on any atom is -1.00 e. The van der Waals surface area contributed by atoms with Crippen LogP contribution in [0, 0.1) is 0 Å². The van der Waals surface area contributed by atoms with Gasteiger partial charge >= 0.3 is 24.8 Å². The Bertz CT molecular complexity index is 282. The van der Waals surface area contributed by atoms with Crippen LogP contribution in [-0.2, 0) is 0 Å². The molecule has 1 N–H and O–H groups in total. The SMILES string of the molecule is C=Cc1ccc(C(=O)O)cc1.[H-].[Li+]. The van der Waals surface area contributed by atoms with Crippen LogP contribution in [0.2, 0.25) is 0 Å². The molecule has 2 nitrogen and oxygen atoms in total. The number of hydrogen-bond acceptors (Lipinski definition) is 1. The Hall–Kier alpha value is -0.973. The summed E-state index contributed by atoms with van der Waals surface area (Å²) in [7, 11) is 0. The Labute approximate surface area is 84.6 Å². The Morgan fingerprint density at radius 3 is 2.25 bits per heavy atom. The van der Waals surface area contributed by atoms with E-state index in [1.165, 1.54) is 0 Å². The van der Waals surface area contributed by atoms with Crippen molar-refractivity contribution in [3.8, 4) is 0 Å². The van der Waals surface area contributed by atoms with Crippen LogP contribution in [0.3, 0.4) is 0 Å². The molecule has 0 aliphatic rings. The standard InChI is InChI=1S/C9H8O2.Li.H/c1-2-7-3-5-8(6-4-7)9(10)11;;/h2-6H,1H2,(H,10,11);;/q;+1;-1. The van der Waals surface area contributed by atoms with E-state index in [2.05, 4.69) is 6.58 Å². The molecule has 0 unspecified atom stereocenters. The molecule has 0 bridgehead atoms. The summed E-state index contributed by atoms with van der Waals surface area (Å²) < 4.78 is 0. The van der Waals surface area contributed by atoms with Crippen LogP contribution in [0.25, 0.3) is 6.08 Å². The van der Waals surface area contributed by atoms with Crippen molar-refractivity contribution < 1.29 is 30.2 Å².